The molecule has 0 fully saturated rings. The molecule has 0 amide bonds. The van der Waals surface area contributed by atoms with Gasteiger partial charge in [-0.2, -0.15) is 4.79 Å². The number of rotatable bonds is 2. The van der Waals surface area contributed by atoms with Crippen molar-refractivity contribution < 1.29 is 4.79 Å². The van der Waals surface area contributed by atoms with Gasteiger partial charge in [-0.05, 0) is 6.92 Å². The summed E-state index contributed by atoms with van der Waals surface area (Å²) in [5.74, 6) is -0.261. The molecule has 0 rings (SSSR count). The molecule has 0 bridgehead atoms. The Kier molecular flexibility index (Phi) is 13.7. The number of nitrogens with two attached hydrogens (primary N) is 1. The summed E-state index contributed by atoms with van der Waals surface area (Å²) in [5.41, 5.74) is 12.9. The zero-order valence-corrected chi connectivity index (χ0v) is 7.08. The highest BCUT2D eigenvalue weighted by molar-refractivity contribution is 5.91. The maximum absolute atomic E-state index is 7.90. The van der Waals surface area contributed by atoms with Crippen molar-refractivity contribution >= 4 is 36.9 Å². The van der Waals surface area contributed by atoms with E-state index in [9.17, 15) is 0 Å². The SMILES string of the molecule is CC(C=[N+]=[N-])C(=N)N.Cl.Cl. The molecule has 0 aromatic heterocycles. The zero-order valence-electron chi connectivity index (χ0n) is 5.44. The van der Waals surface area contributed by atoms with Gasteiger partial charge < -0.3 is 11.3 Å². The minimum absolute atomic E-state index is 0. The molecule has 0 aliphatic carbocycles. The lowest BCUT2D eigenvalue weighted by atomic mass is 10.2. The number of nitrogens with one attached hydrogen (secondary N) is 1. The normalized spacial score (nSPS) is 9.30. The second-order valence-electron chi connectivity index (χ2n) is 1.51. The van der Waals surface area contributed by atoms with Gasteiger partial charge in [-0.15, -0.1) is 24.8 Å². The third-order valence-electron chi connectivity index (χ3n) is 0.781. The van der Waals surface area contributed by atoms with Crippen LogP contribution in [0.4, 0.5) is 0 Å². The molecule has 60 valence electrons. The van der Waals surface area contributed by atoms with Crippen LogP contribution in [0.15, 0.2) is 0 Å². The van der Waals surface area contributed by atoms with Crippen molar-refractivity contribution in [2.24, 2.45) is 11.7 Å². The van der Waals surface area contributed by atoms with Gasteiger partial charge in [0.15, 0.2) is 0 Å². The van der Waals surface area contributed by atoms with Crippen LogP contribution in [0.3, 0.4) is 0 Å². The highest BCUT2D eigenvalue weighted by Gasteiger charge is 2.03. The summed E-state index contributed by atoms with van der Waals surface area (Å²) in [5, 5.41) is 6.78. The van der Waals surface area contributed by atoms with Crippen LogP contribution in [0.5, 0.6) is 0 Å². The van der Waals surface area contributed by atoms with Crippen molar-refractivity contribution in [3.8, 4) is 0 Å². The summed E-state index contributed by atoms with van der Waals surface area (Å²) >= 11 is 0. The van der Waals surface area contributed by atoms with Crippen LogP contribution in [0.1, 0.15) is 6.92 Å². The second-order valence-corrected chi connectivity index (χ2v) is 1.51. The van der Waals surface area contributed by atoms with Crippen molar-refractivity contribution in [2.75, 3.05) is 0 Å². The highest BCUT2D eigenvalue weighted by atomic mass is 35.5. The zero-order chi connectivity index (χ0) is 6.57. The Bertz CT molecular complexity index is 138. The van der Waals surface area contributed by atoms with Gasteiger partial charge in [-0.25, -0.2) is 0 Å². The molecule has 3 N–H and O–H groups in total. The molecule has 0 saturated heterocycles. The summed E-state index contributed by atoms with van der Waals surface area (Å²) < 4.78 is 0. The Labute approximate surface area is 71.7 Å². The van der Waals surface area contributed by atoms with E-state index in [1.165, 1.54) is 6.21 Å². The Morgan fingerprint density at radius 1 is 1.70 bits per heavy atom. The molecule has 0 aliphatic rings. The molecule has 0 aromatic carbocycles. The molecule has 4 nitrogen and oxygen atoms in total. The third-order valence-corrected chi connectivity index (χ3v) is 0.781. The average molecular weight is 185 g/mol. The fourth-order valence-corrected chi connectivity index (χ4v) is 0.180. The quantitative estimate of drug-likeness (QED) is 0.282. The molecule has 0 aromatic rings. The molecule has 0 radical (unpaired) electrons. The minimum atomic E-state index is -0.264. The van der Waals surface area contributed by atoms with Gasteiger partial charge in [0.1, 0.15) is 11.8 Å². The van der Waals surface area contributed by atoms with Gasteiger partial charge in [0.05, 0.1) is 0 Å². The Morgan fingerprint density at radius 2 is 2.10 bits per heavy atom. The molecule has 1 unspecified atom stereocenters. The number of halogens is 2. The lowest BCUT2D eigenvalue weighted by Crippen LogP contribution is -2.20. The van der Waals surface area contributed by atoms with Crippen LogP contribution >= 0.6 is 24.8 Å². The molecule has 0 heterocycles. The van der Waals surface area contributed by atoms with E-state index in [4.69, 9.17) is 16.7 Å². The van der Waals surface area contributed by atoms with Crippen molar-refractivity contribution in [3.05, 3.63) is 5.53 Å². The number of nitrogens with zero attached hydrogens (tertiary/aromatic N) is 2. The molecule has 0 aliphatic heterocycles. The van der Waals surface area contributed by atoms with E-state index < -0.39 is 0 Å². The van der Waals surface area contributed by atoms with Crippen LogP contribution in [0.25, 0.3) is 5.53 Å². The number of hydrogen-bond acceptors (Lipinski definition) is 1. The van der Waals surface area contributed by atoms with Crippen LogP contribution in [-0.2, 0) is 0 Å². The van der Waals surface area contributed by atoms with Crippen molar-refractivity contribution in [1.29, 1.82) is 5.41 Å². The predicted molar refractivity (Wildman–Crippen MR) is 45.3 cm³/mol. The molecular weight excluding hydrogens is 175 g/mol. The van der Waals surface area contributed by atoms with Gasteiger partial charge >= 0.3 is 0 Å². The Balaban J connectivity index is -0.000000245. The lowest BCUT2D eigenvalue weighted by molar-refractivity contribution is -0.000573. The number of hydrogen-bond donors (Lipinski definition) is 2. The monoisotopic (exact) mass is 184 g/mol. The first-order valence-electron chi connectivity index (χ1n) is 2.20. The van der Waals surface area contributed by atoms with Crippen LogP contribution in [0, 0.1) is 11.3 Å². The van der Waals surface area contributed by atoms with E-state index in [2.05, 4.69) is 4.79 Å². The molecule has 0 saturated carbocycles. The Hall–Kier alpha value is -0.570. The van der Waals surface area contributed by atoms with Crippen molar-refractivity contribution in [3.63, 3.8) is 0 Å². The minimum Gasteiger partial charge on any atom is -0.387 e. The molecule has 10 heavy (non-hydrogen) atoms. The van der Waals surface area contributed by atoms with Crippen LogP contribution in [0.2, 0.25) is 0 Å². The van der Waals surface area contributed by atoms with Crippen molar-refractivity contribution in [2.45, 2.75) is 6.92 Å². The average Bonchev–Trinajstić information content (AvgIpc) is 1.67. The van der Waals surface area contributed by atoms with Gasteiger partial charge in [-0.3, -0.25) is 5.41 Å². The van der Waals surface area contributed by atoms with Gasteiger partial charge in [0, 0.05) is 0 Å². The van der Waals surface area contributed by atoms with E-state index in [0.29, 0.717) is 0 Å². The molecule has 1 atom stereocenters. The van der Waals surface area contributed by atoms with Gasteiger partial charge in [0.2, 0.25) is 0 Å². The van der Waals surface area contributed by atoms with Gasteiger partial charge in [0.25, 0.3) is 6.21 Å². The first-order valence-corrected chi connectivity index (χ1v) is 2.20. The van der Waals surface area contributed by atoms with Crippen molar-refractivity contribution in [1.82, 2.24) is 0 Å². The van der Waals surface area contributed by atoms with E-state index in [0.717, 1.165) is 0 Å². The van der Waals surface area contributed by atoms with Gasteiger partial charge in [-0.1, -0.05) is 0 Å². The topological polar surface area (TPSA) is 86.3 Å². The van der Waals surface area contributed by atoms with E-state index in [-0.39, 0.29) is 36.6 Å². The standard InChI is InChI=1S/C4H8N4.2ClH/c1-3(2-8-7)4(5)6;;/h2-3H,1H3,(H3,5,6);2*1H. The predicted octanol–water partition coefficient (Wildman–Crippen LogP) is 0.703. The largest absolute Gasteiger partial charge is 0.387 e. The number of amidine groups is 1. The molecular formula is C4H10Cl2N4. The summed E-state index contributed by atoms with van der Waals surface area (Å²) in [7, 11) is 0. The van der Waals surface area contributed by atoms with E-state index >= 15 is 0 Å². The first-order chi connectivity index (χ1) is 3.68. The summed E-state index contributed by atoms with van der Waals surface area (Å²) in [6.45, 7) is 1.67. The smallest absolute Gasteiger partial charge is 0.267 e. The second kappa shape index (κ2) is 8.43. The first kappa shape index (κ1) is 16.2. The summed E-state index contributed by atoms with van der Waals surface area (Å²) in [6.07, 6.45) is 1.20. The highest BCUT2D eigenvalue weighted by Crippen LogP contribution is 1.83. The maximum Gasteiger partial charge on any atom is 0.267 e. The molecule has 0 spiro atoms. The van der Waals surface area contributed by atoms with E-state index in [1.807, 2.05) is 0 Å². The lowest BCUT2D eigenvalue weighted by Gasteiger charge is -1.92. The van der Waals surface area contributed by atoms with E-state index in [1.54, 1.807) is 6.92 Å². The third kappa shape index (κ3) is 7.43. The Morgan fingerprint density at radius 3 is 2.20 bits per heavy atom. The summed E-state index contributed by atoms with van der Waals surface area (Å²) in [4.78, 5) is 2.71. The fourth-order valence-electron chi connectivity index (χ4n) is 0.180. The maximum atomic E-state index is 7.90. The molecule has 6 heteroatoms. The fraction of sp³-hybridized carbons (Fsp3) is 0.500. The van der Waals surface area contributed by atoms with Crippen LogP contribution < -0.4 is 5.73 Å². The van der Waals surface area contributed by atoms with Crippen LogP contribution in [-0.4, -0.2) is 16.8 Å². The summed E-state index contributed by atoms with van der Waals surface area (Å²) in [6, 6.07) is 0.